The van der Waals surface area contributed by atoms with Crippen molar-refractivity contribution in [2.24, 2.45) is 0 Å². The summed E-state index contributed by atoms with van der Waals surface area (Å²) in [6.45, 7) is 0. The summed E-state index contributed by atoms with van der Waals surface area (Å²) in [5, 5.41) is 26.2. The van der Waals surface area contributed by atoms with Crippen LogP contribution in [0.5, 0.6) is 17.4 Å². The van der Waals surface area contributed by atoms with Gasteiger partial charge < -0.3 is 20.3 Å². The Kier molecular flexibility index (Phi) is 7.70. The number of rotatable bonds is 7. The molecule has 1 amide bonds. The Hall–Kier alpha value is -3.70. The summed E-state index contributed by atoms with van der Waals surface area (Å²) >= 11 is 0. The Morgan fingerprint density at radius 1 is 0.972 bits per heavy atom. The third-order valence-corrected chi connectivity index (χ3v) is 5.92. The molecule has 1 heterocycles. The van der Waals surface area contributed by atoms with Crippen molar-refractivity contribution >= 4 is 5.91 Å². The lowest BCUT2D eigenvalue weighted by Gasteiger charge is -2.31. The third-order valence-electron chi connectivity index (χ3n) is 5.92. The maximum atomic E-state index is 13.9. The van der Waals surface area contributed by atoms with Gasteiger partial charge in [-0.25, -0.2) is 22.5 Å². The predicted molar refractivity (Wildman–Crippen MR) is 120 cm³/mol. The van der Waals surface area contributed by atoms with Gasteiger partial charge in [-0.2, -0.15) is 0 Å². The van der Waals surface area contributed by atoms with Crippen molar-refractivity contribution in [1.82, 2.24) is 15.6 Å². The average molecular weight is 505 g/mol. The minimum atomic E-state index is -1.39. The highest BCUT2D eigenvalue weighted by Crippen LogP contribution is 2.30. The number of carbonyl (C=O) groups is 1. The number of aliphatic hydroxyl groups excluding tert-OH is 1. The van der Waals surface area contributed by atoms with Crippen molar-refractivity contribution in [2.75, 3.05) is 0 Å². The fraction of sp³-hybridized carbons (Fsp3) is 0.280. The van der Waals surface area contributed by atoms with Crippen LogP contribution in [0.2, 0.25) is 0 Å². The Labute approximate surface area is 203 Å². The van der Waals surface area contributed by atoms with Crippen molar-refractivity contribution in [3.8, 4) is 17.4 Å². The van der Waals surface area contributed by atoms with E-state index >= 15 is 0 Å². The van der Waals surface area contributed by atoms with E-state index in [1.807, 2.05) is 0 Å². The number of nitrogens with zero attached hydrogens (tertiary/aromatic N) is 1. The highest BCUT2D eigenvalue weighted by Gasteiger charge is 2.27. The molecule has 1 saturated carbocycles. The quantitative estimate of drug-likeness (QED) is 0.279. The van der Waals surface area contributed by atoms with E-state index in [-0.39, 0.29) is 29.3 Å². The summed E-state index contributed by atoms with van der Waals surface area (Å²) < 4.78 is 59.9. The lowest BCUT2D eigenvalue weighted by atomic mass is 9.90. The minimum Gasteiger partial charge on any atom is -0.507 e. The van der Waals surface area contributed by atoms with E-state index < -0.39 is 46.7 Å². The van der Waals surface area contributed by atoms with Crippen molar-refractivity contribution in [1.29, 1.82) is 0 Å². The number of nitrogens with one attached hydrogen (secondary N) is 2. The zero-order chi connectivity index (χ0) is 25.8. The minimum absolute atomic E-state index is 0.0369. The Balaban J connectivity index is 1.36. The summed E-state index contributed by atoms with van der Waals surface area (Å²) in [6.07, 6.45) is 1.53. The number of hydrogen-bond acceptors (Lipinski definition) is 6. The topological polar surface area (TPSA) is 104 Å². The molecule has 0 radical (unpaired) electrons. The van der Waals surface area contributed by atoms with Crippen LogP contribution in [0.1, 0.15) is 47.8 Å². The SMILES string of the molecule is O=C(NC1CCC(NC(O)c2cc(F)cnc2Oc2ccc(F)c(F)c2)CC1)c1c(O)cccc1F. The van der Waals surface area contributed by atoms with Gasteiger partial charge in [0.1, 0.15) is 34.9 Å². The van der Waals surface area contributed by atoms with Gasteiger partial charge in [0, 0.05) is 18.2 Å². The van der Waals surface area contributed by atoms with Gasteiger partial charge in [-0.1, -0.05) is 6.07 Å². The predicted octanol–water partition coefficient (Wildman–Crippen LogP) is 4.46. The maximum absolute atomic E-state index is 13.9. The van der Waals surface area contributed by atoms with Gasteiger partial charge in [0.25, 0.3) is 5.91 Å². The number of amides is 1. The molecule has 1 aliphatic carbocycles. The van der Waals surface area contributed by atoms with Gasteiger partial charge in [-0.15, -0.1) is 0 Å². The molecule has 36 heavy (non-hydrogen) atoms. The van der Waals surface area contributed by atoms with Crippen LogP contribution in [-0.2, 0) is 0 Å². The molecule has 4 N–H and O–H groups in total. The lowest BCUT2D eigenvalue weighted by molar-refractivity contribution is 0.0889. The summed E-state index contributed by atoms with van der Waals surface area (Å²) in [5.41, 5.74) is -0.453. The fourth-order valence-corrected chi connectivity index (χ4v) is 4.09. The molecule has 1 fully saturated rings. The van der Waals surface area contributed by atoms with E-state index in [1.54, 1.807) is 0 Å². The maximum Gasteiger partial charge on any atom is 0.258 e. The van der Waals surface area contributed by atoms with Crippen LogP contribution in [0.15, 0.2) is 48.7 Å². The molecule has 0 saturated heterocycles. The van der Waals surface area contributed by atoms with Crippen LogP contribution in [0.4, 0.5) is 17.6 Å². The second kappa shape index (κ2) is 10.9. The monoisotopic (exact) mass is 505 g/mol. The average Bonchev–Trinajstić information content (AvgIpc) is 2.83. The van der Waals surface area contributed by atoms with E-state index in [9.17, 15) is 32.6 Å². The zero-order valence-electron chi connectivity index (χ0n) is 18.8. The summed E-state index contributed by atoms with van der Waals surface area (Å²) in [6, 6.07) is 6.99. The second-order valence-corrected chi connectivity index (χ2v) is 8.45. The molecule has 11 heteroatoms. The molecule has 7 nitrogen and oxygen atoms in total. The number of ether oxygens (including phenoxy) is 1. The number of phenols is 1. The van der Waals surface area contributed by atoms with Crippen LogP contribution >= 0.6 is 0 Å². The second-order valence-electron chi connectivity index (χ2n) is 8.45. The molecule has 1 unspecified atom stereocenters. The smallest absolute Gasteiger partial charge is 0.258 e. The summed E-state index contributed by atoms with van der Waals surface area (Å²) in [7, 11) is 0. The molecule has 0 aliphatic heterocycles. The number of phenolic OH excluding ortho intramolecular Hbond substituents is 1. The first-order valence-electron chi connectivity index (χ1n) is 11.2. The van der Waals surface area contributed by atoms with E-state index in [2.05, 4.69) is 15.6 Å². The van der Waals surface area contributed by atoms with Gasteiger partial charge in [-0.3, -0.25) is 10.1 Å². The van der Waals surface area contributed by atoms with Crippen molar-refractivity contribution in [2.45, 2.75) is 44.0 Å². The highest BCUT2D eigenvalue weighted by atomic mass is 19.2. The molecule has 1 aliphatic rings. The van der Waals surface area contributed by atoms with Crippen LogP contribution in [-0.4, -0.2) is 33.2 Å². The molecule has 2 aromatic carbocycles. The number of carbonyl (C=O) groups excluding carboxylic acids is 1. The van der Waals surface area contributed by atoms with Crippen LogP contribution in [0.25, 0.3) is 0 Å². The normalized spacial score (nSPS) is 18.5. The summed E-state index contributed by atoms with van der Waals surface area (Å²) in [4.78, 5) is 16.2. The largest absolute Gasteiger partial charge is 0.507 e. The van der Waals surface area contributed by atoms with Gasteiger partial charge in [-0.05, 0) is 56.0 Å². The number of aromatic hydroxyl groups is 1. The van der Waals surface area contributed by atoms with Crippen molar-refractivity contribution < 1.29 is 37.3 Å². The molecule has 0 spiro atoms. The molecular weight excluding hydrogens is 482 g/mol. The van der Waals surface area contributed by atoms with E-state index in [1.165, 1.54) is 18.2 Å². The number of pyridine rings is 1. The van der Waals surface area contributed by atoms with Crippen molar-refractivity contribution in [3.63, 3.8) is 0 Å². The third kappa shape index (κ3) is 5.92. The van der Waals surface area contributed by atoms with E-state index in [4.69, 9.17) is 4.74 Å². The van der Waals surface area contributed by atoms with Crippen LogP contribution in [0.3, 0.4) is 0 Å². The lowest BCUT2D eigenvalue weighted by Crippen LogP contribution is -2.43. The number of aromatic nitrogens is 1. The van der Waals surface area contributed by atoms with Gasteiger partial charge >= 0.3 is 0 Å². The standard InChI is InChI=1S/C25H23F4N3O4/c26-13-10-17(25(30-12-13)36-16-8-9-18(27)20(29)11-16)23(34)31-14-4-6-15(7-5-14)32-24(35)22-19(28)2-1-3-21(22)33/h1-3,8-12,14-15,23,31,33-34H,4-7H2,(H,32,35). The Morgan fingerprint density at radius 2 is 1.69 bits per heavy atom. The highest BCUT2D eigenvalue weighted by molar-refractivity contribution is 5.97. The first-order valence-corrected chi connectivity index (χ1v) is 11.2. The first kappa shape index (κ1) is 25.4. The van der Waals surface area contributed by atoms with Crippen LogP contribution in [0, 0.1) is 23.3 Å². The van der Waals surface area contributed by atoms with Gasteiger partial charge in [0.05, 0.1) is 11.8 Å². The van der Waals surface area contributed by atoms with Crippen LogP contribution < -0.4 is 15.4 Å². The molecule has 4 rings (SSSR count). The first-order chi connectivity index (χ1) is 17.2. The Bertz CT molecular complexity index is 1230. The zero-order valence-corrected chi connectivity index (χ0v) is 18.8. The molecular formula is C25H23F4N3O4. The number of aliphatic hydroxyl groups is 1. The molecule has 190 valence electrons. The van der Waals surface area contributed by atoms with Gasteiger partial charge in [0.2, 0.25) is 5.88 Å². The molecule has 3 aromatic rings. The number of halogens is 4. The molecule has 0 bridgehead atoms. The summed E-state index contributed by atoms with van der Waals surface area (Å²) in [5.74, 6) is -5.19. The molecule has 1 aromatic heterocycles. The number of benzene rings is 2. The van der Waals surface area contributed by atoms with Crippen molar-refractivity contribution in [3.05, 3.63) is 83.1 Å². The van der Waals surface area contributed by atoms with E-state index in [0.717, 1.165) is 30.5 Å². The Morgan fingerprint density at radius 3 is 2.39 bits per heavy atom. The number of hydrogen-bond donors (Lipinski definition) is 4. The molecule has 1 atom stereocenters. The fourth-order valence-electron chi connectivity index (χ4n) is 4.09. The van der Waals surface area contributed by atoms with E-state index in [0.29, 0.717) is 25.7 Å². The van der Waals surface area contributed by atoms with Gasteiger partial charge in [0.15, 0.2) is 11.6 Å².